The number of hydrogen-bond donors (Lipinski definition) is 0. The van der Waals surface area contributed by atoms with Crippen molar-refractivity contribution in [2.75, 3.05) is 0 Å². The van der Waals surface area contributed by atoms with E-state index in [2.05, 4.69) is 6.92 Å². The highest BCUT2D eigenvalue weighted by Crippen LogP contribution is 2.11. The van der Waals surface area contributed by atoms with E-state index in [4.69, 9.17) is 0 Å². The Balaban J connectivity index is 3.03. The summed E-state index contributed by atoms with van der Waals surface area (Å²) in [6, 6.07) is 0. The lowest BCUT2D eigenvalue weighted by molar-refractivity contribution is -0.122. The smallest absolute Gasteiger partial charge is 0.139 e. The lowest BCUT2D eigenvalue weighted by Gasteiger charge is -2.01. The minimum atomic E-state index is 0.0968. The number of aldehydes is 1. The molecule has 0 saturated carbocycles. The van der Waals surface area contributed by atoms with Gasteiger partial charge >= 0.3 is 0 Å². The molecule has 0 saturated heterocycles. The van der Waals surface area contributed by atoms with Gasteiger partial charge < -0.3 is 4.79 Å². The molecule has 0 unspecified atom stereocenters. The van der Waals surface area contributed by atoms with Crippen LogP contribution in [0.5, 0.6) is 0 Å². The van der Waals surface area contributed by atoms with E-state index in [9.17, 15) is 9.59 Å². The zero-order valence-corrected chi connectivity index (χ0v) is 11.4. The number of carbonyl (C=O) groups excluding carboxylic acids is 2. The van der Waals surface area contributed by atoms with Crippen LogP contribution in [0.15, 0.2) is 0 Å². The summed E-state index contributed by atoms with van der Waals surface area (Å²) < 4.78 is 0. The molecule has 0 atom stereocenters. The fraction of sp³-hybridized carbons (Fsp3) is 0.867. The van der Waals surface area contributed by atoms with Crippen molar-refractivity contribution in [2.45, 2.75) is 84.0 Å². The zero-order chi connectivity index (χ0) is 12.8. The van der Waals surface area contributed by atoms with Gasteiger partial charge in [-0.05, 0) is 6.42 Å². The predicted molar refractivity (Wildman–Crippen MR) is 72.1 cm³/mol. The number of carbonyl (C=O) groups is 2. The van der Waals surface area contributed by atoms with Crippen molar-refractivity contribution < 1.29 is 9.59 Å². The molecule has 0 N–H and O–H groups in total. The van der Waals surface area contributed by atoms with Crippen LogP contribution in [-0.4, -0.2) is 12.1 Å². The maximum atomic E-state index is 11.0. The Morgan fingerprint density at radius 2 is 1.29 bits per heavy atom. The molecular formula is C15H28O2. The third-order valence-corrected chi connectivity index (χ3v) is 3.12. The largest absolute Gasteiger partial charge is 0.303 e. The first kappa shape index (κ1) is 16.3. The van der Waals surface area contributed by atoms with Crippen LogP contribution in [0, 0.1) is 0 Å². The summed E-state index contributed by atoms with van der Waals surface area (Å²) in [6.45, 7) is 2.24. The van der Waals surface area contributed by atoms with Crippen LogP contribution in [-0.2, 0) is 9.59 Å². The molecule has 0 aromatic heterocycles. The normalized spacial score (nSPS) is 10.4. The SMILES string of the molecule is CCCCCCCCCCCCC(=O)CC=O. The molecule has 100 valence electrons. The molecule has 0 heterocycles. The summed E-state index contributed by atoms with van der Waals surface area (Å²) in [5.41, 5.74) is 0. The van der Waals surface area contributed by atoms with E-state index in [1.807, 2.05) is 0 Å². The third-order valence-electron chi connectivity index (χ3n) is 3.12. The molecule has 0 bridgehead atoms. The van der Waals surface area contributed by atoms with Crippen LogP contribution in [0.2, 0.25) is 0 Å². The van der Waals surface area contributed by atoms with E-state index in [0.29, 0.717) is 12.7 Å². The van der Waals surface area contributed by atoms with Gasteiger partial charge in [0.25, 0.3) is 0 Å². The standard InChI is InChI=1S/C15H28O2/c1-2-3-4-5-6-7-8-9-10-11-12-15(17)13-14-16/h14H,2-13H2,1H3. The maximum absolute atomic E-state index is 11.0. The van der Waals surface area contributed by atoms with Crippen LogP contribution in [0.25, 0.3) is 0 Å². The first-order chi connectivity index (χ1) is 8.31. The van der Waals surface area contributed by atoms with Gasteiger partial charge in [0.05, 0.1) is 6.42 Å². The van der Waals surface area contributed by atoms with Gasteiger partial charge in [-0.25, -0.2) is 0 Å². The fourth-order valence-electron chi connectivity index (χ4n) is 2.00. The Labute approximate surface area is 106 Å². The first-order valence-electron chi connectivity index (χ1n) is 7.26. The zero-order valence-electron chi connectivity index (χ0n) is 11.4. The van der Waals surface area contributed by atoms with Crippen molar-refractivity contribution in [3.05, 3.63) is 0 Å². The molecule has 0 aliphatic heterocycles. The Bertz CT molecular complexity index is 187. The molecule has 0 radical (unpaired) electrons. The molecule has 0 aliphatic carbocycles. The number of Topliss-reactive ketones (excluding diaryl/α,β-unsaturated/α-hetero) is 1. The van der Waals surface area contributed by atoms with Crippen molar-refractivity contribution in [3.8, 4) is 0 Å². The topological polar surface area (TPSA) is 34.1 Å². The number of ketones is 1. The number of rotatable bonds is 13. The summed E-state index contributed by atoms with van der Waals surface area (Å²) in [4.78, 5) is 21.1. The number of unbranched alkanes of at least 4 members (excludes halogenated alkanes) is 9. The third kappa shape index (κ3) is 13.3. The highest BCUT2D eigenvalue weighted by atomic mass is 16.1. The first-order valence-corrected chi connectivity index (χ1v) is 7.26. The van der Waals surface area contributed by atoms with Crippen LogP contribution in [0.3, 0.4) is 0 Å². The van der Waals surface area contributed by atoms with Gasteiger partial charge in [-0.3, -0.25) is 4.79 Å². The monoisotopic (exact) mass is 240 g/mol. The van der Waals surface area contributed by atoms with Crippen LogP contribution in [0.1, 0.15) is 84.0 Å². The minimum Gasteiger partial charge on any atom is -0.303 e. The molecule has 0 amide bonds. The van der Waals surface area contributed by atoms with Gasteiger partial charge in [0.15, 0.2) is 0 Å². The molecule has 2 nitrogen and oxygen atoms in total. The Morgan fingerprint density at radius 1 is 0.824 bits per heavy atom. The Morgan fingerprint density at radius 3 is 1.76 bits per heavy atom. The molecule has 0 aliphatic rings. The van der Waals surface area contributed by atoms with E-state index in [1.165, 1.54) is 51.4 Å². The summed E-state index contributed by atoms with van der Waals surface area (Å²) >= 11 is 0. The van der Waals surface area contributed by atoms with E-state index >= 15 is 0 Å². The van der Waals surface area contributed by atoms with E-state index in [-0.39, 0.29) is 12.2 Å². The quantitative estimate of drug-likeness (QED) is 0.271. The molecule has 0 aromatic rings. The fourth-order valence-corrected chi connectivity index (χ4v) is 2.00. The molecular weight excluding hydrogens is 212 g/mol. The predicted octanol–water partition coefficient (Wildman–Crippen LogP) is 4.46. The second kappa shape index (κ2) is 13.4. The summed E-state index contributed by atoms with van der Waals surface area (Å²) in [5.74, 6) is 0.0968. The van der Waals surface area contributed by atoms with Crippen LogP contribution >= 0.6 is 0 Å². The average molecular weight is 240 g/mol. The molecule has 0 rings (SSSR count). The van der Waals surface area contributed by atoms with Crippen molar-refractivity contribution in [1.29, 1.82) is 0 Å². The van der Waals surface area contributed by atoms with Crippen molar-refractivity contribution in [2.24, 2.45) is 0 Å². The molecule has 17 heavy (non-hydrogen) atoms. The second-order valence-electron chi connectivity index (χ2n) is 4.84. The highest BCUT2D eigenvalue weighted by Gasteiger charge is 1.99. The van der Waals surface area contributed by atoms with E-state index in [0.717, 1.165) is 12.8 Å². The Kier molecular flexibility index (Phi) is 12.9. The average Bonchev–Trinajstić information content (AvgIpc) is 2.32. The summed E-state index contributed by atoms with van der Waals surface area (Å²) in [5, 5.41) is 0. The summed E-state index contributed by atoms with van der Waals surface area (Å²) in [7, 11) is 0. The van der Waals surface area contributed by atoms with Crippen molar-refractivity contribution in [3.63, 3.8) is 0 Å². The van der Waals surface area contributed by atoms with Gasteiger partial charge in [0.1, 0.15) is 12.1 Å². The van der Waals surface area contributed by atoms with Gasteiger partial charge in [-0.2, -0.15) is 0 Å². The van der Waals surface area contributed by atoms with Crippen molar-refractivity contribution in [1.82, 2.24) is 0 Å². The minimum absolute atomic E-state index is 0.0968. The molecule has 0 spiro atoms. The van der Waals surface area contributed by atoms with Gasteiger partial charge in [-0.15, -0.1) is 0 Å². The van der Waals surface area contributed by atoms with Gasteiger partial charge in [0.2, 0.25) is 0 Å². The van der Waals surface area contributed by atoms with E-state index < -0.39 is 0 Å². The molecule has 2 heteroatoms. The number of hydrogen-bond acceptors (Lipinski definition) is 2. The lowest BCUT2D eigenvalue weighted by Crippen LogP contribution is -1.97. The second-order valence-corrected chi connectivity index (χ2v) is 4.84. The Hall–Kier alpha value is -0.660. The van der Waals surface area contributed by atoms with Crippen LogP contribution in [0.4, 0.5) is 0 Å². The van der Waals surface area contributed by atoms with Crippen LogP contribution < -0.4 is 0 Å². The van der Waals surface area contributed by atoms with Gasteiger partial charge in [-0.1, -0.05) is 64.7 Å². The maximum Gasteiger partial charge on any atom is 0.139 e. The van der Waals surface area contributed by atoms with Gasteiger partial charge in [0, 0.05) is 6.42 Å². The molecule has 0 aromatic carbocycles. The highest BCUT2D eigenvalue weighted by molar-refractivity contribution is 5.89. The lowest BCUT2D eigenvalue weighted by atomic mass is 10.0. The summed E-state index contributed by atoms with van der Waals surface area (Å²) in [6.07, 6.45) is 14.2. The molecule has 0 fully saturated rings. The van der Waals surface area contributed by atoms with Crippen molar-refractivity contribution >= 4 is 12.1 Å². The van der Waals surface area contributed by atoms with E-state index in [1.54, 1.807) is 0 Å².